The smallest absolute Gasteiger partial charge is 0.759 e. The van der Waals surface area contributed by atoms with Crippen LogP contribution in [0.25, 0.3) is 0 Å². The maximum atomic E-state index is 8.77. The Hall–Kier alpha value is 0.436. The minimum absolute atomic E-state index is 0. The van der Waals surface area contributed by atoms with Gasteiger partial charge in [0.05, 0.1) is 13.2 Å². The SMILES string of the molecule is O=S(=O)([O-])[O-].OCC(O)C(O)C(O)CO.[Mg+2]. The van der Waals surface area contributed by atoms with E-state index in [-0.39, 0.29) is 23.1 Å². The summed E-state index contributed by atoms with van der Waals surface area (Å²) >= 11 is 0. The zero-order valence-electron chi connectivity index (χ0n) is 8.13. The minimum Gasteiger partial charge on any atom is -0.759 e. The van der Waals surface area contributed by atoms with Crippen LogP contribution in [-0.2, 0) is 10.4 Å². The van der Waals surface area contributed by atoms with Crippen molar-refractivity contribution in [1.82, 2.24) is 0 Å². The van der Waals surface area contributed by atoms with Gasteiger partial charge in [-0.1, -0.05) is 0 Å². The summed E-state index contributed by atoms with van der Waals surface area (Å²) < 4.78 is 34.1. The van der Waals surface area contributed by atoms with Crippen LogP contribution < -0.4 is 0 Å². The largest absolute Gasteiger partial charge is 2.00 e. The van der Waals surface area contributed by atoms with Gasteiger partial charge in [-0.25, -0.2) is 0 Å². The monoisotopic (exact) mass is 272 g/mol. The number of hydrogen-bond acceptors (Lipinski definition) is 9. The topological polar surface area (TPSA) is 181 Å². The van der Waals surface area contributed by atoms with Crippen LogP contribution in [-0.4, -0.2) is 97.6 Å². The summed E-state index contributed by atoms with van der Waals surface area (Å²) in [5.41, 5.74) is 0. The molecule has 0 aromatic carbocycles. The third-order valence-electron chi connectivity index (χ3n) is 1.16. The third kappa shape index (κ3) is 16.9. The normalized spacial score (nSPS) is 16.2. The van der Waals surface area contributed by atoms with Gasteiger partial charge in [-0.3, -0.25) is 8.42 Å². The molecule has 0 aromatic heterocycles. The average molecular weight is 273 g/mol. The Bertz CT molecular complexity index is 224. The summed E-state index contributed by atoms with van der Waals surface area (Å²) in [6.07, 6.45) is -4.29. The van der Waals surface area contributed by atoms with Crippen LogP contribution in [0.5, 0.6) is 0 Å². The van der Waals surface area contributed by atoms with Crippen molar-refractivity contribution < 1.29 is 43.1 Å². The Kier molecular flexibility index (Phi) is 14.3. The van der Waals surface area contributed by atoms with Crippen molar-refractivity contribution in [1.29, 1.82) is 0 Å². The van der Waals surface area contributed by atoms with E-state index in [4.69, 9.17) is 43.1 Å². The Morgan fingerprint density at radius 2 is 1.12 bits per heavy atom. The minimum atomic E-state index is -5.17. The number of rotatable bonds is 4. The Morgan fingerprint density at radius 1 is 0.938 bits per heavy atom. The fourth-order valence-corrected chi connectivity index (χ4v) is 0.472. The van der Waals surface area contributed by atoms with Gasteiger partial charge in [0, 0.05) is 10.4 Å². The Balaban J connectivity index is -0.000000242. The van der Waals surface area contributed by atoms with E-state index >= 15 is 0 Å². The van der Waals surface area contributed by atoms with E-state index in [1.807, 2.05) is 0 Å². The second-order valence-electron chi connectivity index (χ2n) is 2.40. The predicted molar refractivity (Wildman–Crippen MR) is 48.4 cm³/mol. The van der Waals surface area contributed by atoms with Gasteiger partial charge in [-0.15, -0.1) is 0 Å². The first-order chi connectivity index (χ1) is 6.63. The molecule has 0 heterocycles. The zero-order chi connectivity index (χ0) is 12.6. The van der Waals surface area contributed by atoms with Crippen molar-refractivity contribution in [3.8, 4) is 0 Å². The first-order valence-corrected chi connectivity index (χ1v) is 4.89. The summed E-state index contributed by atoms with van der Waals surface area (Å²) in [7, 11) is -5.17. The molecule has 0 saturated heterocycles. The fourth-order valence-electron chi connectivity index (χ4n) is 0.472. The number of hydrogen-bond donors (Lipinski definition) is 5. The summed E-state index contributed by atoms with van der Waals surface area (Å²) in [4.78, 5) is 0. The molecule has 0 aliphatic rings. The summed E-state index contributed by atoms with van der Waals surface area (Å²) in [5.74, 6) is 0. The Morgan fingerprint density at radius 3 is 1.25 bits per heavy atom. The predicted octanol–water partition coefficient (Wildman–Crippen LogP) is -4.67. The average Bonchev–Trinajstić information content (AvgIpc) is 2.11. The van der Waals surface area contributed by atoms with Gasteiger partial charge in [-0.2, -0.15) is 0 Å². The van der Waals surface area contributed by atoms with E-state index in [0.29, 0.717) is 0 Å². The van der Waals surface area contributed by atoms with Gasteiger partial charge in [-0.05, 0) is 0 Å². The van der Waals surface area contributed by atoms with Crippen molar-refractivity contribution >= 4 is 33.5 Å². The maximum absolute atomic E-state index is 8.77. The maximum Gasteiger partial charge on any atom is 2.00 e. The molecule has 0 amide bonds. The molecule has 94 valence electrons. The van der Waals surface area contributed by atoms with Gasteiger partial charge in [0.15, 0.2) is 0 Å². The molecular formula is C5H12MgO9S. The number of aliphatic hydroxyl groups is 5. The van der Waals surface area contributed by atoms with Gasteiger partial charge in [0.1, 0.15) is 18.3 Å². The molecule has 9 nitrogen and oxygen atoms in total. The molecule has 2 unspecified atom stereocenters. The van der Waals surface area contributed by atoms with Gasteiger partial charge >= 0.3 is 23.1 Å². The van der Waals surface area contributed by atoms with Crippen LogP contribution in [0.15, 0.2) is 0 Å². The second-order valence-corrected chi connectivity index (χ2v) is 3.22. The van der Waals surface area contributed by atoms with E-state index in [0.717, 1.165) is 0 Å². The van der Waals surface area contributed by atoms with E-state index < -0.39 is 41.9 Å². The second kappa shape index (κ2) is 10.6. The molecule has 0 rings (SSSR count). The molecule has 16 heavy (non-hydrogen) atoms. The van der Waals surface area contributed by atoms with Crippen molar-refractivity contribution in [3.05, 3.63) is 0 Å². The first-order valence-electron chi connectivity index (χ1n) is 3.56. The van der Waals surface area contributed by atoms with Crippen LogP contribution in [0.2, 0.25) is 0 Å². The van der Waals surface area contributed by atoms with Crippen molar-refractivity contribution in [3.63, 3.8) is 0 Å². The van der Waals surface area contributed by atoms with Crippen LogP contribution in [0.1, 0.15) is 0 Å². The standard InChI is InChI=1S/C5H12O5.Mg.H2O4S/c6-1-3(8)5(10)4(9)2-7;;1-5(2,3)4/h3-10H,1-2H2;;(H2,1,2,3,4)/q;+2;/p-2. The third-order valence-corrected chi connectivity index (χ3v) is 1.16. The van der Waals surface area contributed by atoms with Crippen molar-refractivity contribution in [2.75, 3.05) is 13.2 Å². The molecular weight excluding hydrogens is 260 g/mol. The van der Waals surface area contributed by atoms with Crippen LogP contribution in [0, 0.1) is 0 Å². The van der Waals surface area contributed by atoms with Crippen molar-refractivity contribution in [2.45, 2.75) is 18.3 Å². The summed E-state index contributed by atoms with van der Waals surface area (Å²) in [6.45, 7) is -1.28. The fraction of sp³-hybridized carbons (Fsp3) is 1.00. The zero-order valence-corrected chi connectivity index (χ0v) is 10.4. The van der Waals surface area contributed by atoms with Crippen molar-refractivity contribution in [2.24, 2.45) is 0 Å². The summed E-state index contributed by atoms with van der Waals surface area (Å²) in [6, 6.07) is 0. The molecule has 0 bridgehead atoms. The molecule has 0 aliphatic carbocycles. The van der Waals surface area contributed by atoms with Gasteiger partial charge in [0.25, 0.3) is 0 Å². The summed E-state index contributed by atoms with van der Waals surface area (Å²) in [5, 5.41) is 42.6. The molecule has 11 heteroatoms. The molecule has 5 N–H and O–H groups in total. The molecule has 0 saturated carbocycles. The van der Waals surface area contributed by atoms with E-state index in [9.17, 15) is 0 Å². The van der Waals surface area contributed by atoms with Gasteiger partial charge in [0.2, 0.25) is 0 Å². The molecule has 0 aromatic rings. The number of aliphatic hydroxyl groups excluding tert-OH is 5. The van der Waals surface area contributed by atoms with Gasteiger partial charge < -0.3 is 34.6 Å². The quantitative estimate of drug-likeness (QED) is 0.191. The van der Waals surface area contributed by atoms with E-state index in [1.54, 1.807) is 0 Å². The van der Waals surface area contributed by atoms with Crippen LogP contribution in [0.3, 0.4) is 0 Å². The molecule has 0 fully saturated rings. The first kappa shape index (κ1) is 21.7. The van der Waals surface area contributed by atoms with Crippen LogP contribution in [0.4, 0.5) is 0 Å². The van der Waals surface area contributed by atoms with E-state index in [2.05, 4.69) is 0 Å². The molecule has 2 atom stereocenters. The Labute approximate surface area is 108 Å². The van der Waals surface area contributed by atoms with Crippen LogP contribution >= 0.6 is 0 Å². The molecule has 0 radical (unpaired) electrons. The molecule has 0 aliphatic heterocycles. The van der Waals surface area contributed by atoms with E-state index in [1.165, 1.54) is 0 Å². The molecule has 0 spiro atoms.